The quantitative estimate of drug-likeness (QED) is 0.396. The van der Waals surface area contributed by atoms with Gasteiger partial charge in [-0.2, -0.15) is 0 Å². The molecule has 0 bridgehead atoms. The standard InChI is InChI=1S/C5H12N2OS/c1-4(2-8)3-9-5(6)7/h4,8H,2-3H2,1H3,(H3,6,7). The maximum atomic E-state index is 8.52. The Labute approximate surface area is 59.1 Å². The van der Waals surface area contributed by atoms with E-state index in [-0.39, 0.29) is 17.7 Å². The molecule has 0 rings (SSSR count). The van der Waals surface area contributed by atoms with Gasteiger partial charge in [0.1, 0.15) is 0 Å². The lowest BCUT2D eigenvalue weighted by molar-refractivity contribution is 0.250. The molecule has 0 aliphatic rings. The third kappa shape index (κ3) is 5.65. The van der Waals surface area contributed by atoms with E-state index >= 15 is 0 Å². The molecule has 3 nitrogen and oxygen atoms in total. The Kier molecular flexibility index (Phi) is 4.53. The molecule has 0 spiro atoms. The Morgan fingerprint density at radius 2 is 2.44 bits per heavy atom. The first-order chi connectivity index (χ1) is 4.16. The molecule has 0 aliphatic carbocycles. The molecule has 0 radical (unpaired) electrons. The van der Waals surface area contributed by atoms with Crippen LogP contribution >= 0.6 is 11.8 Å². The summed E-state index contributed by atoms with van der Waals surface area (Å²) in [5.41, 5.74) is 5.06. The first-order valence-corrected chi connectivity index (χ1v) is 3.73. The van der Waals surface area contributed by atoms with Crippen molar-refractivity contribution in [2.75, 3.05) is 12.4 Å². The zero-order chi connectivity index (χ0) is 7.28. The maximum absolute atomic E-state index is 8.52. The van der Waals surface area contributed by atoms with Crippen molar-refractivity contribution in [1.82, 2.24) is 0 Å². The Hall–Kier alpha value is -0.220. The molecular formula is C5H12N2OS. The fourth-order valence-corrected chi connectivity index (χ4v) is 0.854. The fourth-order valence-electron chi connectivity index (χ4n) is 0.285. The van der Waals surface area contributed by atoms with Gasteiger partial charge in [-0.1, -0.05) is 18.7 Å². The Balaban J connectivity index is 3.16. The number of hydrogen-bond donors (Lipinski definition) is 3. The summed E-state index contributed by atoms with van der Waals surface area (Å²) >= 11 is 1.27. The second-order valence-corrected chi connectivity index (χ2v) is 3.02. The molecule has 0 fully saturated rings. The summed E-state index contributed by atoms with van der Waals surface area (Å²) in [7, 11) is 0. The molecule has 9 heavy (non-hydrogen) atoms. The van der Waals surface area contributed by atoms with Gasteiger partial charge in [0.25, 0.3) is 0 Å². The van der Waals surface area contributed by atoms with Crippen LogP contribution in [0.5, 0.6) is 0 Å². The highest BCUT2D eigenvalue weighted by Crippen LogP contribution is 2.05. The second kappa shape index (κ2) is 4.64. The van der Waals surface area contributed by atoms with Crippen molar-refractivity contribution in [3.8, 4) is 0 Å². The molecule has 4 heteroatoms. The summed E-state index contributed by atoms with van der Waals surface area (Å²) in [6, 6.07) is 0. The van der Waals surface area contributed by atoms with E-state index < -0.39 is 0 Å². The summed E-state index contributed by atoms with van der Waals surface area (Å²) in [6.45, 7) is 2.08. The van der Waals surface area contributed by atoms with Crippen LogP contribution in [-0.2, 0) is 0 Å². The van der Waals surface area contributed by atoms with E-state index in [0.717, 1.165) is 5.75 Å². The summed E-state index contributed by atoms with van der Waals surface area (Å²) in [5, 5.41) is 15.5. The minimum absolute atomic E-state index is 0.121. The monoisotopic (exact) mass is 148 g/mol. The zero-order valence-electron chi connectivity index (χ0n) is 5.42. The summed E-state index contributed by atoms with van der Waals surface area (Å²) < 4.78 is 0. The van der Waals surface area contributed by atoms with Crippen LogP contribution in [-0.4, -0.2) is 22.6 Å². The minimum atomic E-state index is 0.121. The van der Waals surface area contributed by atoms with Crippen molar-refractivity contribution in [3.05, 3.63) is 0 Å². The van der Waals surface area contributed by atoms with Gasteiger partial charge < -0.3 is 10.8 Å². The molecule has 0 aromatic heterocycles. The van der Waals surface area contributed by atoms with Crippen molar-refractivity contribution in [2.45, 2.75) is 6.92 Å². The number of thioether (sulfide) groups is 1. The highest BCUT2D eigenvalue weighted by Gasteiger charge is 1.99. The summed E-state index contributed by atoms with van der Waals surface area (Å²) in [4.78, 5) is 0. The zero-order valence-corrected chi connectivity index (χ0v) is 6.24. The summed E-state index contributed by atoms with van der Waals surface area (Å²) in [5.74, 6) is 0.963. The fraction of sp³-hybridized carbons (Fsp3) is 0.800. The molecule has 0 saturated heterocycles. The normalized spacial score (nSPS) is 13.1. The van der Waals surface area contributed by atoms with Crippen LogP contribution in [0, 0.1) is 11.3 Å². The number of aliphatic hydroxyl groups is 1. The number of amidine groups is 1. The van der Waals surface area contributed by atoms with Gasteiger partial charge in [-0.15, -0.1) is 0 Å². The van der Waals surface area contributed by atoms with Gasteiger partial charge in [0.2, 0.25) is 0 Å². The van der Waals surface area contributed by atoms with Crippen molar-refractivity contribution in [3.63, 3.8) is 0 Å². The lowest BCUT2D eigenvalue weighted by Crippen LogP contribution is -2.10. The molecule has 54 valence electrons. The SMILES string of the molecule is CC(CO)CSC(=N)N. The van der Waals surface area contributed by atoms with Gasteiger partial charge >= 0.3 is 0 Å². The van der Waals surface area contributed by atoms with Crippen LogP contribution in [0.1, 0.15) is 6.92 Å². The van der Waals surface area contributed by atoms with Gasteiger partial charge in [-0.3, -0.25) is 5.41 Å². The predicted molar refractivity (Wildman–Crippen MR) is 40.6 cm³/mol. The number of hydrogen-bond acceptors (Lipinski definition) is 3. The predicted octanol–water partition coefficient (Wildman–Crippen LogP) is 0.241. The van der Waals surface area contributed by atoms with Crippen LogP contribution in [0.2, 0.25) is 0 Å². The van der Waals surface area contributed by atoms with E-state index in [1.54, 1.807) is 0 Å². The topological polar surface area (TPSA) is 70.1 Å². The molecule has 0 aliphatic heterocycles. The third-order valence-corrected chi connectivity index (χ3v) is 1.88. The van der Waals surface area contributed by atoms with E-state index in [1.807, 2.05) is 6.92 Å². The third-order valence-electron chi connectivity index (χ3n) is 0.835. The number of nitrogens with two attached hydrogens (primary N) is 1. The largest absolute Gasteiger partial charge is 0.396 e. The summed E-state index contributed by atoms with van der Waals surface area (Å²) in [6.07, 6.45) is 0. The molecular weight excluding hydrogens is 136 g/mol. The average molecular weight is 148 g/mol. The highest BCUT2D eigenvalue weighted by atomic mass is 32.2. The molecule has 1 atom stereocenters. The minimum Gasteiger partial charge on any atom is -0.396 e. The number of nitrogens with one attached hydrogen (secondary N) is 1. The van der Waals surface area contributed by atoms with E-state index in [2.05, 4.69) is 0 Å². The number of rotatable bonds is 3. The van der Waals surface area contributed by atoms with Gasteiger partial charge in [-0.05, 0) is 5.92 Å². The van der Waals surface area contributed by atoms with E-state index in [9.17, 15) is 0 Å². The van der Waals surface area contributed by atoms with E-state index in [1.165, 1.54) is 11.8 Å². The van der Waals surface area contributed by atoms with Crippen LogP contribution in [0.4, 0.5) is 0 Å². The van der Waals surface area contributed by atoms with Gasteiger partial charge in [0.15, 0.2) is 5.17 Å². The van der Waals surface area contributed by atoms with E-state index in [0.29, 0.717) is 0 Å². The van der Waals surface area contributed by atoms with Crippen molar-refractivity contribution >= 4 is 16.9 Å². The maximum Gasteiger partial charge on any atom is 0.151 e. The van der Waals surface area contributed by atoms with Crippen LogP contribution in [0.25, 0.3) is 0 Å². The van der Waals surface area contributed by atoms with Crippen LogP contribution in [0.3, 0.4) is 0 Å². The lowest BCUT2D eigenvalue weighted by Gasteiger charge is -2.03. The van der Waals surface area contributed by atoms with Crippen LogP contribution < -0.4 is 5.73 Å². The molecule has 0 heterocycles. The second-order valence-electron chi connectivity index (χ2n) is 1.96. The Bertz CT molecular complexity index is 97.0. The molecule has 0 aromatic carbocycles. The first kappa shape index (κ1) is 8.78. The van der Waals surface area contributed by atoms with Crippen LogP contribution in [0.15, 0.2) is 0 Å². The lowest BCUT2D eigenvalue weighted by atomic mass is 10.2. The molecule has 4 N–H and O–H groups in total. The smallest absolute Gasteiger partial charge is 0.151 e. The molecule has 1 unspecified atom stereocenters. The Morgan fingerprint density at radius 1 is 1.89 bits per heavy atom. The number of aliphatic hydroxyl groups excluding tert-OH is 1. The first-order valence-electron chi connectivity index (χ1n) is 2.74. The van der Waals surface area contributed by atoms with Gasteiger partial charge in [0, 0.05) is 12.4 Å². The van der Waals surface area contributed by atoms with Gasteiger partial charge in [-0.25, -0.2) is 0 Å². The highest BCUT2D eigenvalue weighted by molar-refractivity contribution is 8.13. The average Bonchev–Trinajstić information content (AvgIpc) is 1.83. The van der Waals surface area contributed by atoms with Crippen molar-refractivity contribution in [2.24, 2.45) is 11.7 Å². The Morgan fingerprint density at radius 3 is 2.78 bits per heavy atom. The molecule has 0 aromatic rings. The van der Waals surface area contributed by atoms with Crippen molar-refractivity contribution < 1.29 is 5.11 Å². The molecule has 0 saturated carbocycles. The van der Waals surface area contributed by atoms with Crippen molar-refractivity contribution in [1.29, 1.82) is 5.41 Å². The molecule has 0 amide bonds. The van der Waals surface area contributed by atoms with Gasteiger partial charge in [0.05, 0.1) is 0 Å². The van der Waals surface area contributed by atoms with E-state index in [4.69, 9.17) is 16.2 Å².